The quantitative estimate of drug-likeness (QED) is 0.804. The largest absolute Gasteiger partial charge is 0.328 e. The summed E-state index contributed by atoms with van der Waals surface area (Å²) in [5.41, 5.74) is 2.10. The van der Waals surface area contributed by atoms with Crippen LogP contribution in [0.5, 0.6) is 0 Å². The van der Waals surface area contributed by atoms with E-state index in [2.05, 4.69) is 28.2 Å². The molecule has 0 fully saturated rings. The van der Waals surface area contributed by atoms with Crippen molar-refractivity contribution >= 4 is 28.0 Å². The van der Waals surface area contributed by atoms with Gasteiger partial charge < -0.3 is 5.32 Å². The summed E-state index contributed by atoms with van der Waals surface area (Å²) in [7, 11) is 0. The topological polar surface area (TPSA) is 29.1 Å². The molecule has 0 aliphatic rings. The molecular weight excluding hydrogens is 242 g/mol. The van der Waals surface area contributed by atoms with Gasteiger partial charge in [-0.15, -0.1) is 0 Å². The van der Waals surface area contributed by atoms with Crippen LogP contribution in [0, 0.1) is 0 Å². The van der Waals surface area contributed by atoms with Crippen LogP contribution in [0.4, 0.5) is 5.69 Å². The van der Waals surface area contributed by atoms with Gasteiger partial charge in [0.2, 0.25) is 6.41 Å². The van der Waals surface area contributed by atoms with Crippen LogP contribution in [0.15, 0.2) is 22.7 Å². The minimum atomic E-state index is 0.719. The fraction of sp³-hybridized carbons (Fsp3) is 0.364. The molecule has 3 heteroatoms. The molecular formula is C11H14BrNO. The van der Waals surface area contributed by atoms with E-state index >= 15 is 0 Å². The predicted octanol–water partition coefficient (Wildman–Crippen LogP) is 3.36. The van der Waals surface area contributed by atoms with Gasteiger partial charge in [-0.2, -0.15) is 0 Å². The molecule has 0 bridgehead atoms. The van der Waals surface area contributed by atoms with Gasteiger partial charge in [-0.25, -0.2) is 0 Å². The standard InChI is InChI=1S/C11H14BrNO/c1-2-3-4-9-5-6-10(12)7-11(9)13-8-14/h5-8H,2-4H2,1H3,(H,13,14). The predicted molar refractivity (Wildman–Crippen MR) is 62.4 cm³/mol. The number of aryl methyl sites for hydroxylation is 1. The maximum atomic E-state index is 10.4. The summed E-state index contributed by atoms with van der Waals surface area (Å²) in [6.45, 7) is 2.16. The molecule has 1 rings (SSSR count). The van der Waals surface area contributed by atoms with Crippen LogP contribution in [0.3, 0.4) is 0 Å². The minimum absolute atomic E-state index is 0.719. The fourth-order valence-electron chi connectivity index (χ4n) is 1.33. The number of rotatable bonds is 5. The number of carbonyl (C=O) groups is 1. The van der Waals surface area contributed by atoms with Crippen LogP contribution >= 0.6 is 15.9 Å². The second kappa shape index (κ2) is 5.81. The van der Waals surface area contributed by atoms with Gasteiger partial charge in [-0.05, 0) is 30.5 Å². The Bertz CT molecular complexity index is 312. The number of carbonyl (C=O) groups excluding carboxylic acids is 1. The summed E-state index contributed by atoms with van der Waals surface area (Å²) >= 11 is 3.38. The average molecular weight is 256 g/mol. The van der Waals surface area contributed by atoms with Gasteiger partial charge in [0.05, 0.1) is 0 Å². The van der Waals surface area contributed by atoms with Crippen molar-refractivity contribution in [3.05, 3.63) is 28.2 Å². The smallest absolute Gasteiger partial charge is 0.211 e. The molecule has 0 heterocycles. The zero-order valence-corrected chi connectivity index (χ0v) is 9.80. The summed E-state index contributed by atoms with van der Waals surface area (Å²) in [6, 6.07) is 5.98. The molecule has 0 spiro atoms. The first-order valence-corrected chi connectivity index (χ1v) is 5.56. The van der Waals surface area contributed by atoms with E-state index in [-0.39, 0.29) is 0 Å². The number of nitrogens with one attached hydrogen (secondary N) is 1. The van der Waals surface area contributed by atoms with Crippen LogP contribution in [0.25, 0.3) is 0 Å². The SMILES string of the molecule is CCCCc1ccc(Br)cc1NC=O. The summed E-state index contributed by atoms with van der Waals surface area (Å²) in [5.74, 6) is 0. The summed E-state index contributed by atoms with van der Waals surface area (Å²) in [5, 5.41) is 2.72. The highest BCUT2D eigenvalue weighted by Crippen LogP contribution is 2.22. The Kier molecular flexibility index (Phi) is 4.66. The molecule has 0 aliphatic carbocycles. The molecule has 76 valence electrons. The number of halogens is 1. The normalized spacial score (nSPS) is 9.86. The Morgan fingerprint density at radius 1 is 1.50 bits per heavy atom. The number of amides is 1. The maximum Gasteiger partial charge on any atom is 0.211 e. The van der Waals surface area contributed by atoms with Crippen molar-refractivity contribution in [2.45, 2.75) is 26.2 Å². The second-order valence-corrected chi connectivity index (χ2v) is 4.08. The molecule has 2 nitrogen and oxygen atoms in total. The first-order chi connectivity index (χ1) is 6.77. The van der Waals surface area contributed by atoms with Crippen molar-refractivity contribution in [2.24, 2.45) is 0 Å². The highest BCUT2D eigenvalue weighted by Gasteiger charge is 2.01. The molecule has 0 aliphatic heterocycles. The van der Waals surface area contributed by atoms with Gasteiger partial charge >= 0.3 is 0 Å². The molecule has 0 aromatic heterocycles. The Morgan fingerprint density at radius 2 is 2.29 bits per heavy atom. The van der Waals surface area contributed by atoms with Gasteiger partial charge in [-0.3, -0.25) is 4.79 Å². The fourth-order valence-corrected chi connectivity index (χ4v) is 1.69. The van der Waals surface area contributed by atoms with Crippen molar-refractivity contribution in [2.75, 3.05) is 5.32 Å². The van der Waals surface area contributed by atoms with Crippen molar-refractivity contribution in [3.63, 3.8) is 0 Å². The monoisotopic (exact) mass is 255 g/mol. The van der Waals surface area contributed by atoms with Crippen LogP contribution in [0.2, 0.25) is 0 Å². The number of benzene rings is 1. The van der Waals surface area contributed by atoms with Crippen LogP contribution < -0.4 is 5.32 Å². The molecule has 1 N–H and O–H groups in total. The van der Waals surface area contributed by atoms with Gasteiger partial charge in [0.1, 0.15) is 0 Å². The second-order valence-electron chi connectivity index (χ2n) is 3.17. The minimum Gasteiger partial charge on any atom is -0.328 e. The number of hydrogen-bond donors (Lipinski definition) is 1. The third kappa shape index (κ3) is 3.14. The van der Waals surface area contributed by atoms with E-state index in [1.54, 1.807) is 0 Å². The van der Waals surface area contributed by atoms with Crippen molar-refractivity contribution < 1.29 is 4.79 Å². The van der Waals surface area contributed by atoms with E-state index in [0.717, 1.165) is 35.8 Å². The van der Waals surface area contributed by atoms with Crippen LogP contribution in [0.1, 0.15) is 25.3 Å². The summed E-state index contributed by atoms with van der Waals surface area (Å²) in [6.07, 6.45) is 4.04. The average Bonchev–Trinajstić information content (AvgIpc) is 2.17. The van der Waals surface area contributed by atoms with Crippen LogP contribution in [-0.2, 0) is 11.2 Å². The molecule has 14 heavy (non-hydrogen) atoms. The lowest BCUT2D eigenvalue weighted by atomic mass is 10.1. The molecule has 1 aromatic rings. The Hall–Kier alpha value is -0.830. The summed E-state index contributed by atoms with van der Waals surface area (Å²) < 4.78 is 0.988. The Balaban J connectivity index is 2.83. The van der Waals surface area contributed by atoms with E-state index < -0.39 is 0 Å². The van der Waals surface area contributed by atoms with Gasteiger partial charge in [0.15, 0.2) is 0 Å². The van der Waals surface area contributed by atoms with Crippen molar-refractivity contribution in [3.8, 4) is 0 Å². The van der Waals surface area contributed by atoms with Gasteiger partial charge in [0, 0.05) is 10.2 Å². The molecule has 0 unspecified atom stereocenters. The zero-order valence-electron chi connectivity index (χ0n) is 8.22. The highest BCUT2D eigenvalue weighted by molar-refractivity contribution is 9.10. The van der Waals surface area contributed by atoms with Gasteiger partial charge in [-0.1, -0.05) is 35.3 Å². The lowest BCUT2D eigenvalue weighted by Crippen LogP contribution is -1.99. The zero-order chi connectivity index (χ0) is 10.4. The Labute approximate surface area is 92.8 Å². The van der Waals surface area contributed by atoms with Gasteiger partial charge in [0.25, 0.3) is 0 Å². The van der Waals surface area contributed by atoms with Crippen LogP contribution in [-0.4, -0.2) is 6.41 Å². The lowest BCUT2D eigenvalue weighted by Gasteiger charge is -2.08. The Morgan fingerprint density at radius 3 is 2.93 bits per heavy atom. The van der Waals surface area contributed by atoms with Crippen molar-refractivity contribution in [1.29, 1.82) is 0 Å². The molecule has 1 amide bonds. The molecule has 1 aromatic carbocycles. The van der Waals surface area contributed by atoms with E-state index in [9.17, 15) is 4.79 Å². The third-order valence-corrected chi connectivity index (χ3v) is 2.58. The van der Waals surface area contributed by atoms with E-state index in [4.69, 9.17) is 0 Å². The maximum absolute atomic E-state index is 10.4. The van der Waals surface area contributed by atoms with Crippen molar-refractivity contribution in [1.82, 2.24) is 0 Å². The lowest BCUT2D eigenvalue weighted by molar-refractivity contribution is -0.105. The number of hydrogen-bond acceptors (Lipinski definition) is 1. The highest BCUT2D eigenvalue weighted by atomic mass is 79.9. The van der Waals surface area contributed by atoms with E-state index in [1.165, 1.54) is 5.56 Å². The van der Waals surface area contributed by atoms with E-state index in [1.807, 2.05) is 18.2 Å². The van der Waals surface area contributed by atoms with E-state index in [0.29, 0.717) is 0 Å². The number of unbranched alkanes of at least 4 members (excludes halogenated alkanes) is 1. The third-order valence-electron chi connectivity index (χ3n) is 2.09. The first kappa shape index (κ1) is 11.2. The first-order valence-electron chi connectivity index (χ1n) is 4.76. The molecule has 0 saturated heterocycles. The molecule has 0 atom stereocenters. The molecule has 0 radical (unpaired) electrons. The molecule has 0 saturated carbocycles. The summed E-state index contributed by atoms with van der Waals surface area (Å²) in [4.78, 5) is 10.4. The number of anilines is 1.